The fourth-order valence-electron chi connectivity index (χ4n) is 1.18. The Morgan fingerprint density at radius 2 is 1.67 bits per heavy atom. The summed E-state index contributed by atoms with van der Waals surface area (Å²) >= 11 is 0.884. The summed E-state index contributed by atoms with van der Waals surface area (Å²) in [7, 11) is 0. The summed E-state index contributed by atoms with van der Waals surface area (Å²) in [6.07, 6.45) is 0. The van der Waals surface area contributed by atoms with Gasteiger partial charge in [-0.25, -0.2) is 10.9 Å². The highest BCUT2D eigenvalue weighted by molar-refractivity contribution is 8.14. The van der Waals surface area contributed by atoms with Gasteiger partial charge in [-0.1, -0.05) is 25.6 Å². The number of rotatable bonds is 4. The third-order valence-corrected chi connectivity index (χ3v) is 2.87. The normalized spacial score (nSPS) is 9.19. The molecular formula is C14H20N2O4S. The van der Waals surface area contributed by atoms with E-state index >= 15 is 0 Å². The smallest absolute Gasteiger partial charge is 0.321 e. The van der Waals surface area contributed by atoms with Crippen LogP contribution in [0, 0.1) is 0 Å². The number of carbonyl (C=O) groups is 3. The first-order valence-corrected chi connectivity index (χ1v) is 7.38. The lowest BCUT2D eigenvalue weighted by Crippen LogP contribution is -2.35. The highest BCUT2D eigenvalue weighted by Crippen LogP contribution is 2.18. The number of ether oxygens (including phenoxy) is 1. The third-order valence-electron chi connectivity index (χ3n) is 2.08. The standard InChI is InChI=1S/C12H14N2O4S.C2H6/c1-8(15)14(13)10-3-5-11(6-4-10)18-12(17)7-19-9(2)16;1-2/h3-6H,7,13H2,1-2H3;1-2H3. The second kappa shape index (κ2) is 9.95. The number of esters is 1. The van der Waals surface area contributed by atoms with Crippen molar-refractivity contribution in [2.75, 3.05) is 10.8 Å². The van der Waals surface area contributed by atoms with Gasteiger partial charge in [-0.15, -0.1) is 0 Å². The predicted molar refractivity (Wildman–Crippen MR) is 83.9 cm³/mol. The van der Waals surface area contributed by atoms with Crippen molar-refractivity contribution in [3.63, 3.8) is 0 Å². The van der Waals surface area contributed by atoms with Crippen LogP contribution in [0.1, 0.15) is 27.7 Å². The van der Waals surface area contributed by atoms with Gasteiger partial charge in [0.1, 0.15) is 5.75 Å². The van der Waals surface area contributed by atoms with Crippen LogP contribution >= 0.6 is 11.8 Å². The van der Waals surface area contributed by atoms with E-state index in [0.717, 1.165) is 16.8 Å². The molecule has 6 nitrogen and oxygen atoms in total. The van der Waals surface area contributed by atoms with Crippen molar-refractivity contribution in [1.29, 1.82) is 0 Å². The van der Waals surface area contributed by atoms with Crippen molar-refractivity contribution < 1.29 is 19.1 Å². The molecule has 0 heterocycles. The topological polar surface area (TPSA) is 89.7 Å². The molecule has 116 valence electrons. The zero-order chi connectivity index (χ0) is 16.4. The first-order valence-electron chi connectivity index (χ1n) is 6.39. The van der Waals surface area contributed by atoms with Crippen molar-refractivity contribution >= 4 is 34.4 Å². The first kappa shape index (κ1) is 19.1. The van der Waals surface area contributed by atoms with Gasteiger partial charge in [-0.05, 0) is 24.3 Å². The fourth-order valence-corrected chi connectivity index (χ4v) is 1.56. The zero-order valence-electron chi connectivity index (χ0n) is 12.6. The van der Waals surface area contributed by atoms with E-state index in [1.54, 1.807) is 12.1 Å². The van der Waals surface area contributed by atoms with Gasteiger partial charge in [0.05, 0.1) is 11.4 Å². The Kier molecular flexibility index (Phi) is 9.07. The Labute approximate surface area is 128 Å². The van der Waals surface area contributed by atoms with Gasteiger partial charge in [-0.2, -0.15) is 0 Å². The lowest BCUT2D eigenvalue weighted by molar-refractivity contribution is -0.131. The van der Waals surface area contributed by atoms with Crippen molar-refractivity contribution in [3.05, 3.63) is 24.3 Å². The molecule has 7 heteroatoms. The molecule has 0 bridgehead atoms. The SMILES string of the molecule is CC.CC(=O)SCC(=O)Oc1ccc(N(N)C(C)=O)cc1. The number of hydrogen-bond donors (Lipinski definition) is 1. The molecule has 1 amide bonds. The molecule has 0 saturated heterocycles. The summed E-state index contributed by atoms with van der Waals surface area (Å²) in [5.41, 5.74) is 0.491. The second-order valence-corrected chi connectivity index (χ2v) is 4.79. The predicted octanol–water partition coefficient (Wildman–Crippen LogP) is 2.12. The van der Waals surface area contributed by atoms with Crippen LogP contribution in [-0.2, 0) is 14.4 Å². The minimum atomic E-state index is -0.510. The number of hydrogen-bond acceptors (Lipinski definition) is 6. The minimum absolute atomic E-state index is 0.0342. The number of benzene rings is 1. The average Bonchev–Trinajstić information content (AvgIpc) is 2.47. The molecule has 2 N–H and O–H groups in total. The van der Waals surface area contributed by atoms with Crippen molar-refractivity contribution in [2.24, 2.45) is 5.84 Å². The summed E-state index contributed by atoms with van der Waals surface area (Å²) in [4.78, 5) is 33.1. The molecular weight excluding hydrogens is 292 g/mol. The van der Waals surface area contributed by atoms with Crippen LogP contribution in [0.3, 0.4) is 0 Å². The highest BCUT2D eigenvalue weighted by Gasteiger charge is 2.09. The van der Waals surface area contributed by atoms with E-state index in [9.17, 15) is 14.4 Å². The van der Waals surface area contributed by atoms with Crippen LogP contribution in [0.4, 0.5) is 5.69 Å². The van der Waals surface area contributed by atoms with Gasteiger partial charge < -0.3 is 4.74 Å². The first-order chi connectivity index (χ1) is 9.90. The Morgan fingerprint density at radius 3 is 2.10 bits per heavy atom. The highest BCUT2D eigenvalue weighted by atomic mass is 32.2. The maximum absolute atomic E-state index is 11.4. The number of hydrazine groups is 1. The Morgan fingerprint density at radius 1 is 1.14 bits per heavy atom. The van der Waals surface area contributed by atoms with Crippen LogP contribution in [0.25, 0.3) is 0 Å². The van der Waals surface area contributed by atoms with E-state index in [1.165, 1.54) is 26.0 Å². The fraction of sp³-hybridized carbons (Fsp3) is 0.357. The summed E-state index contributed by atoms with van der Waals surface area (Å²) < 4.78 is 5.00. The summed E-state index contributed by atoms with van der Waals surface area (Å²) in [6, 6.07) is 6.16. The molecule has 21 heavy (non-hydrogen) atoms. The summed E-state index contributed by atoms with van der Waals surface area (Å²) in [5.74, 6) is 4.99. The second-order valence-electron chi connectivity index (χ2n) is 3.64. The molecule has 0 aliphatic rings. The Balaban J connectivity index is 0.00000191. The lowest BCUT2D eigenvalue weighted by atomic mass is 10.3. The van der Waals surface area contributed by atoms with Crippen molar-refractivity contribution in [1.82, 2.24) is 0 Å². The van der Waals surface area contributed by atoms with Gasteiger partial charge in [0, 0.05) is 13.8 Å². The molecule has 0 saturated carbocycles. The van der Waals surface area contributed by atoms with E-state index < -0.39 is 5.97 Å². The third kappa shape index (κ3) is 7.48. The van der Waals surface area contributed by atoms with E-state index in [-0.39, 0.29) is 16.8 Å². The van der Waals surface area contributed by atoms with Crippen molar-refractivity contribution in [3.8, 4) is 5.75 Å². The van der Waals surface area contributed by atoms with E-state index in [0.29, 0.717) is 11.4 Å². The van der Waals surface area contributed by atoms with Crippen LogP contribution < -0.4 is 15.6 Å². The van der Waals surface area contributed by atoms with Crippen molar-refractivity contribution in [2.45, 2.75) is 27.7 Å². The molecule has 1 rings (SSSR count). The van der Waals surface area contributed by atoms with Gasteiger partial charge in [0.2, 0.25) is 5.91 Å². The molecule has 1 aromatic rings. The van der Waals surface area contributed by atoms with Crippen LogP contribution in [0.15, 0.2) is 24.3 Å². The number of anilines is 1. The largest absolute Gasteiger partial charge is 0.426 e. The molecule has 0 atom stereocenters. The van der Waals surface area contributed by atoms with Gasteiger partial charge >= 0.3 is 5.97 Å². The van der Waals surface area contributed by atoms with Crippen LogP contribution in [0.5, 0.6) is 5.75 Å². The summed E-state index contributed by atoms with van der Waals surface area (Å²) in [6.45, 7) is 6.72. The molecule has 1 aromatic carbocycles. The monoisotopic (exact) mass is 312 g/mol. The molecule has 0 aliphatic carbocycles. The van der Waals surface area contributed by atoms with Crippen LogP contribution in [-0.4, -0.2) is 22.7 Å². The molecule has 0 unspecified atom stereocenters. The molecule has 0 radical (unpaired) electrons. The number of thioether (sulfide) groups is 1. The molecule has 0 fully saturated rings. The van der Waals surface area contributed by atoms with Gasteiger partial charge in [0.15, 0.2) is 5.12 Å². The lowest BCUT2D eigenvalue weighted by Gasteiger charge is -2.14. The number of nitrogens with zero attached hydrogens (tertiary/aromatic N) is 1. The minimum Gasteiger partial charge on any atom is -0.426 e. The van der Waals surface area contributed by atoms with E-state index in [4.69, 9.17) is 10.6 Å². The molecule has 0 aromatic heterocycles. The summed E-state index contributed by atoms with van der Waals surface area (Å²) in [5, 5.41) is 0.838. The van der Waals surface area contributed by atoms with E-state index in [2.05, 4.69) is 0 Å². The van der Waals surface area contributed by atoms with Gasteiger partial charge in [0.25, 0.3) is 0 Å². The van der Waals surface area contributed by atoms with Gasteiger partial charge in [-0.3, -0.25) is 14.4 Å². The number of carbonyl (C=O) groups excluding carboxylic acids is 3. The van der Waals surface area contributed by atoms with Crippen LogP contribution in [0.2, 0.25) is 0 Å². The average molecular weight is 312 g/mol. The number of amides is 1. The molecule has 0 spiro atoms. The Hall–Kier alpha value is -1.86. The Bertz CT molecular complexity index is 488. The quantitative estimate of drug-likeness (QED) is 0.301. The molecule has 0 aliphatic heterocycles. The number of nitrogens with two attached hydrogens (primary N) is 1. The zero-order valence-corrected chi connectivity index (χ0v) is 13.4. The maximum Gasteiger partial charge on any atom is 0.321 e. The van der Waals surface area contributed by atoms with E-state index in [1.807, 2.05) is 13.8 Å². The maximum atomic E-state index is 11.4.